The molecule has 2 fully saturated rings. The minimum absolute atomic E-state index is 0.235. The summed E-state index contributed by atoms with van der Waals surface area (Å²) in [5.41, 5.74) is 0. The fourth-order valence-electron chi connectivity index (χ4n) is 3.95. The largest absolute Gasteiger partial charge is 0.317 e. The number of rotatable bonds is 6. The molecule has 0 spiro atoms. The minimum atomic E-state index is -2.91. The molecule has 8 heteroatoms. The summed E-state index contributed by atoms with van der Waals surface area (Å²) in [6.45, 7) is 5.67. The van der Waals surface area contributed by atoms with Crippen LogP contribution in [-0.2, 0) is 23.4 Å². The highest BCUT2D eigenvalue weighted by molar-refractivity contribution is 7.90. The normalized spacial score (nSPS) is 23.8. The molecular formula is C17H31N5O2S. The summed E-state index contributed by atoms with van der Waals surface area (Å²) in [4.78, 5) is 4.73. The molecule has 142 valence electrons. The van der Waals surface area contributed by atoms with Crippen LogP contribution in [0, 0.1) is 0 Å². The van der Waals surface area contributed by atoms with Crippen molar-refractivity contribution < 1.29 is 8.42 Å². The molecule has 0 radical (unpaired) electrons. The Morgan fingerprint density at radius 3 is 2.48 bits per heavy atom. The Kier molecular flexibility index (Phi) is 6.12. The number of likely N-dealkylation sites (tertiary alicyclic amines) is 2. The summed E-state index contributed by atoms with van der Waals surface area (Å²) in [5, 5.41) is 8.94. The Balaban J connectivity index is 1.61. The Bertz CT molecular complexity index is 667. The first-order valence-corrected chi connectivity index (χ1v) is 11.5. The molecule has 0 unspecified atom stereocenters. The highest BCUT2D eigenvalue weighted by atomic mass is 32.2. The van der Waals surface area contributed by atoms with Crippen LogP contribution in [0.5, 0.6) is 0 Å². The first-order valence-electron chi connectivity index (χ1n) is 9.43. The van der Waals surface area contributed by atoms with Crippen molar-refractivity contribution in [3.8, 4) is 0 Å². The van der Waals surface area contributed by atoms with Gasteiger partial charge in [0.2, 0.25) is 0 Å². The number of nitrogens with zero attached hydrogens (tertiary/aromatic N) is 5. The van der Waals surface area contributed by atoms with Gasteiger partial charge in [-0.25, -0.2) is 8.42 Å². The van der Waals surface area contributed by atoms with E-state index in [1.807, 2.05) is 0 Å². The van der Waals surface area contributed by atoms with Gasteiger partial charge in [-0.2, -0.15) is 0 Å². The summed E-state index contributed by atoms with van der Waals surface area (Å²) in [7, 11) is -0.833. The second-order valence-electron chi connectivity index (χ2n) is 7.64. The molecule has 0 N–H and O–H groups in total. The number of piperidine rings is 2. The van der Waals surface area contributed by atoms with Gasteiger partial charge in [0, 0.05) is 32.3 Å². The van der Waals surface area contributed by atoms with Gasteiger partial charge in [0.05, 0.1) is 12.3 Å². The zero-order valence-corrected chi connectivity index (χ0v) is 16.3. The van der Waals surface area contributed by atoms with Gasteiger partial charge in [-0.05, 0) is 45.3 Å². The lowest BCUT2D eigenvalue weighted by molar-refractivity contribution is 0.208. The van der Waals surface area contributed by atoms with Crippen molar-refractivity contribution in [3.63, 3.8) is 0 Å². The van der Waals surface area contributed by atoms with Crippen LogP contribution in [0.2, 0.25) is 0 Å². The molecular weight excluding hydrogens is 338 g/mol. The number of aromatic nitrogens is 3. The molecule has 3 rings (SSSR count). The van der Waals surface area contributed by atoms with Crippen molar-refractivity contribution in [1.82, 2.24) is 24.6 Å². The van der Waals surface area contributed by atoms with Crippen LogP contribution in [0.3, 0.4) is 0 Å². The third-order valence-corrected chi connectivity index (χ3v) is 6.39. The number of sulfone groups is 1. The van der Waals surface area contributed by atoms with Crippen LogP contribution in [0.15, 0.2) is 0 Å². The zero-order chi connectivity index (χ0) is 17.9. The van der Waals surface area contributed by atoms with E-state index in [0.29, 0.717) is 12.5 Å². The molecule has 25 heavy (non-hydrogen) atoms. The summed E-state index contributed by atoms with van der Waals surface area (Å²) in [6.07, 6.45) is 7.40. The summed E-state index contributed by atoms with van der Waals surface area (Å²) >= 11 is 0. The molecule has 3 heterocycles. The SMILES string of the molecule is Cn1c(CN2CCCCC2)nnc1[C@@H]1CCCN(CCS(C)(=O)=O)C1. The van der Waals surface area contributed by atoms with E-state index in [1.54, 1.807) is 0 Å². The Morgan fingerprint density at radius 1 is 1.04 bits per heavy atom. The van der Waals surface area contributed by atoms with Gasteiger partial charge in [-0.3, -0.25) is 4.90 Å². The Hall–Kier alpha value is -0.990. The zero-order valence-electron chi connectivity index (χ0n) is 15.5. The molecule has 0 saturated carbocycles. The van der Waals surface area contributed by atoms with Gasteiger partial charge in [0.15, 0.2) is 0 Å². The fraction of sp³-hybridized carbons (Fsp3) is 0.882. The quantitative estimate of drug-likeness (QED) is 0.746. The van der Waals surface area contributed by atoms with Gasteiger partial charge >= 0.3 is 0 Å². The van der Waals surface area contributed by atoms with E-state index < -0.39 is 9.84 Å². The lowest BCUT2D eigenvalue weighted by Crippen LogP contribution is -2.38. The van der Waals surface area contributed by atoms with E-state index in [4.69, 9.17) is 0 Å². The van der Waals surface area contributed by atoms with Gasteiger partial charge in [0.1, 0.15) is 21.5 Å². The molecule has 1 aromatic rings. The minimum Gasteiger partial charge on any atom is -0.317 e. The van der Waals surface area contributed by atoms with Crippen LogP contribution in [0.25, 0.3) is 0 Å². The van der Waals surface area contributed by atoms with E-state index >= 15 is 0 Å². The maximum absolute atomic E-state index is 11.4. The van der Waals surface area contributed by atoms with Gasteiger partial charge in [-0.15, -0.1) is 10.2 Å². The van der Waals surface area contributed by atoms with Crippen LogP contribution in [0.1, 0.15) is 49.7 Å². The highest BCUT2D eigenvalue weighted by Crippen LogP contribution is 2.26. The molecule has 7 nitrogen and oxygen atoms in total. The van der Waals surface area contributed by atoms with Crippen molar-refractivity contribution in [3.05, 3.63) is 11.6 Å². The van der Waals surface area contributed by atoms with Crippen LogP contribution >= 0.6 is 0 Å². The monoisotopic (exact) mass is 369 g/mol. The number of hydrogen-bond acceptors (Lipinski definition) is 6. The summed E-state index contributed by atoms with van der Waals surface area (Å²) < 4.78 is 25.0. The average Bonchev–Trinajstić information content (AvgIpc) is 2.94. The van der Waals surface area contributed by atoms with Crippen molar-refractivity contribution >= 4 is 9.84 Å². The predicted octanol–water partition coefficient (Wildman–Crippen LogP) is 1.03. The third-order valence-electron chi connectivity index (χ3n) is 5.46. The molecule has 2 aliphatic heterocycles. The second-order valence-corrected chi connectivity index (χ2v) is 9.90. The summed E-state index contributed by atoms with van der Waals surface area (Å²) in [5.74, 6) is 2.68. The van der Waals surface area contributed by atoms with Crippen molar-refractivity contribution in [2.45, 2.75) is 44.6 Å². The Labute approximate surface area is 151 Å². The van der Waals surface area contributed by atoms with Crippen molar-refractivity contribution in [2.24, 2.45) is 7.05 Å². The van der Waals surface area contributed by atoms with Gasteiger partial charge in [-0.1, -0.05) is 6.42 Å². The maximum Gasteiger partial charge on any atom is 0.148 e. The van der Waals surface area contributed by atoms with E-state index in [9.17, 15) is 8.42 Å². The molecule has 0 aliphatic carbocycles. The van der Waals surface area contributed by atoms with Crippen molar-refractivity contribution in [2.75, 3.05) is 44.7 Å². The molecule has 1 atom stereocenters. The number of hydrogen-bond donors (Lipinski definition) is 0. The van der Waals surface area contributed by atoms with Gasteiger partial charge < -0.3 is 9.47 Å². The Morgan fingerprint density at radius 2 is 1.76 bits per heavy atom. The highest BCUT2D eigenvalue weighted by Gasteiger charge is 2.26. The lowest BCUT2D eigenvalue weighted by atomic mass is 9.97. The van der Waals surface area contributed by atoms with E-state index in [-0.39, 0.29) is 5.75 Å². The van der Waals surface area contributed by atoms with Crippen LogP contribution in [0.4, 0.5) is 0 Å². The predicted molar refractivity (Wildman–Crippen MR) is 98.3 cm³/mol. The summed E-state index contributed by atoms with van der Waals surface area (Å²) in [6, 6.07) is 0. The topological polar surface area (TPSA) is 71.3 Å². The van der Waals surface area contributed by atoms with E-state index in [0.717, 1.165) is 57.2 Å². The van der Waals surface area contributed by atoms with E-state index in [1.165, 1.54) is 25.5 Å². The average molecular weight is 370 g/mol. The molecule has 2 saturated heterocycles. The second kappa shape index (κ2) is 8.14. The molecule has 0 amide bonds. The maximum atomic E-state index is 11.4. The smallest absolute Gasteiger partial charge is 0.148 e. The standard InChI is InChI=1S/C17H31N5O2S/c1-20-16(14-21-8-4-3-5-9-21)18-19-17(20)15-7-6-10-22(13-15)11-12-25(2,23)24/h15H,3-14H2,1-2H3/t15-/m1/s1. The third kappa shape index (κ3) is 5.24. The van der Waals surface area contributed by atoms with E-state index in [2.05, 4.69) is 31.6 Å². The fourth-order valence-corrected chi connectivity index (χ4v) is 4.54. The molecule has 1 aromatic heterocycles. The van der Waals surface area contributed by atoms with Crippen LogP contribution in [-0.4, -0.2) is 77.7 Å². The molecule has 0 aromatic carbocycles. The molecule has 0 bridgehead atoms. The van der Waals surface area contributed by atoms with Crippen LogP contribution < -0.4 is 0 Å². The lowest BCUT2D eigenvalue weighted by Gasteiger charge is -2.32. The van der Waals surface area contributed by atoms with Gasteiger partial charge in [0.25, 0.3) is 0 Å². The first kappa shape index (κ1) is 18.8. The van der Waals surface area contributed by atoms with Crippen molar-refractivity contribution in [1.29, 1.82) is 0 Å². The first-order chi connectivity index (χ1) is 11.9. The molecule has 2 aliphatic rings.